The number of thiophene rings is 1. The van der Waals surface area contributed by atoms with E-state index in [1.165, 1.54) is 16.9 Å². The fraction of sp³-hybridized carbons (Fsp3) is 0.333. The molecule has 0 aliphatic carbocycles. The second-order valence-corrected chi connectivity index (χ2v) is 6.62. The lowest BCUT2D eigenvalue weighted by Crippen LogP contribution is -2.23. The Kier molecular flexibility index (Phi) is 4.28. The largest absolute Gasteiger partial charge is 0.525 e. The maximum Gasteiger partial charge on any atom is 0.525 e. The molecule has 2 rings (SSSR count). The molecule has 0 bridgehead atoms. The Morgan fingerprint density at radius 3 is 2.79 bits per heavy atom. The van der Waals surface area contributed by atoms with Crippen LogP contribution in [-0.2, 0) is 11.0 Å². The fourth-order valence-corrected chi connectivity index (χ4v) is 3.38. The molecule has 0 saturated carbocycles. The molecule has 0 aliphatic rings. The molecule has 1 aromatic heterocycles. The maximum atomic E-state index is 10.8. The highest BCUT2D eigenvalue weighted by molar-refractivity contribution is 7.47. The van der Waals surface area contributed by atoms with Gasteiger partial charge in [-0.05, 0) is 37.4 Å². The van der Waals surface area contributed by atoms with Gasteiger partial charge in [-0.25, -0.2) is 4.57 Å². The Hall–Kier alpha value is -0.910. The predicted molar refractivity (Wildman–Crippen MR) is 76.7 cm³/mol. The van der Waals surface area contributed by atoms with Crippen molar-refractivity contribution < 1.29 is 18.9 Å². The van der Waals surface area contributed by atoms with Crippen molar-refractivity contribution in [2.24, 2.45) is 0 Å². The molecule has 0 aliphatic heterocycles. The first-order chi connectivity index (χ1) is 8.87. The molecule has 3 N–H and O–H groups in total. The summed E-state index contributed by atoms with van der Waals surface area (Å²) in [5.41, 5.74) is 1.18. The Morgan fingerprint density at radius 1 is 1.42 bits per heavy atom. The van der Waals surface area contributed by atoms with Crippen LogP contribution in [0.5, 0.6) is 5.06 Å². The molecular formula is C12H16NO4PS. The third kappa shape index (κ3) is 4.03. The smallest absolute Gasteiger partial charge is 0.394 e. The second kappa shape index (κ2) is 5.61. The van der Waals surface area contributed by atoms with Crippen LogP contribution >= 0.6 is 19.2 Å². The average Bonchev–Trinajstić information content (AvgIpc) is 2.67. The number of benzene rings is 1. The Balaban J connectivity index is 2.26. The van der Waals surface area contributed by atoms with E-state index in [0.717, 1.165) is 16.5 Å². The summed E-state index contributed by atoms with van der Waals surface area (Å²) in [5, 5.41) is 4.34. The summed E-state index contributed by atoms with van der Waals surface area (Å²) in [6.07, 6.45) is 0.902. The molecule has 5 nitrogen and oxygen atoms in total. The van der Waals surface area contributed by atoms with Crippen molar-refractivity contribution >= 4 is 29.2 Å². The average molecular weight is 301 g/mol. The van der Waals surface area contributed by atoms with E-state index in [1.807, 2.05) is 25.2 Å². The number of fused-ring (bicyclic) bond motifs is 1. The van der Waals surface area contributed by atoms with E-state index in [4.69, 9.17) is 9.79 Å². The van der Waals surface area contributed by atoms with Crippen LogP contribution in [0, 0.1) is 0 Å². The second-order valence-electron chi connectivity index (χ2n) is 4.41. The molecule has 0 fully saturated rings. The van der Waals surface area contributed by atoms with Gasteiger partial charge in [-0.2, -0.15) is 0 Å². The van der Waals surface area contributed by atoms with Gasteiger partial charge in [-0.15, -0.1) is 0 Å². The fourth-order valence-electron chi connectivity index (χ4n) is 1.80. The van der Waals surface area contributed by atoms with Gasteiger partial charge in [0.2, 0.25) is 0 Å². The standard InChI is InChI=1S/C12H16NO4PS/c1-8(13-2)5-9-3-4-10-7-12(17-18(14,15)16)19-11(10)6-9/h3-4,6-8,13H,5H2,1-2H3,(H2,14,15,16)/t8-/m1/s1. The van der Waals surface area contributed by atoms with E-state index in [2.05, 4.69) is 16.8 Å². The van der Waals surface area contributed by atoms with Crippen molar-refractivity contribution in [1.29, 1.82) is 0 Å². The van der Waals surface area contributed by atoms with Crippen LogP contribution in [-0.4, -0.2) is 22.9 Å². The van der Waals surface area contributed by atoms with E-state index >= 15 is 0 Å². The monoisotopic (exact) mass is 301 g/mol. The van der Waals surface area contributed by atoms with Crippen LogP contribution in [0.1, 0.15) is 12.5 Å². The van der Waals surface area contributed by atoms with Crippen molar-refractivity contribution in [3.05, 3.63) is 29.8 Å². The zero-order valence-electron chi connectivity index (χ0n) is 10.7. The topological polar surface area (TPSA) is 78.8 Å². The van der Waals surface area contributed by atoms with Crippen LogP contribution in [0.25, 0.3) is 10.1 Å². The highest BCUT2D eigenvalue weighted by Crippen LogP contribution is 2.43. The van der Waals surface area contributed by atoms with Gasteiger partial charge in [-0.1, -0.05) is 23.5 Å². The summed E-state index contributed by atoms with van der Waals surface area (Å²) < 4.78 is 16.4. The Labute approximate surface area is 115 Å². The van der Waals surface area contributed by atoms with E-state index in [-0.39, 0.29) is 5.06 Å². The number of phosphoric ester groups is 1. The zero-order valence-corrected chi connectivity index (χ0v) is 12.4. The van der Waals surface area contributed by atoms with Gasteiger partial charge in [0.15, 0.2) is 5.06 Å². The van der Waals surface area contributed by atoms with E-state index < -0.39 is 7.82 Å². The normalized spacial score (nSPS) is 13.7. The number of rotatable bonds is 5. The minimum Gasteiger partial charge on any atom is -0.394 e. The molecule has 1 atom stereocenters. The summed E-state index contributed by atoms with van der Waals surface area (Å²) in [4.78, 5) is 17.6. The SMILES string of the molecule is CN[C@H](C)Cc1ccc2cc(OP(=O)(O)O)sc2c1. The van der Waals surface area contributed by atoms with E-state index in [1.54, 1.807) is 6.07 Å². The number of phosphoric acid groups is 1. The summed E-state index contributed by atoms with van der Waals surface area (Å²) in [6, 6.07) is 8.01. The van der Waals surface area contributed by atoms with Crippen LogP contribution in [0.15, 0.2) is 24.3 Å². The molecule has 1 heterocycles. The van der Waals surface area contributed by atoms with Crippen molar-refractivity contribution in [3.63, 3.8) is 0 Å². The maximum absolute atomic E-state index is 10.8. The van der Waals surface area contributed by atoms with Crippen LogP contribution < -0.4 is 9.84 Å². The zero-order chi connectivity index (χ0) is 14.0. The van der Waals surface area contributed by atoms with Crippen LogP contribution in [0.3, 0.4) is 0 Å². The van der Waals surface area contributed by atoms with Crippen molar-refractivity contribution in [3.8, 4) is 5.06 Å². The lowest BCUT2D eigenvalue weighted by Gasteiger charge is -2.09. The molecule has 0 saturated heterocycles. The van der Waals surface area contributed by atoms with Crippen molar-refractivity contribution in [2.75, 3.05) is 7.05 Å². The first-order valence-electron chi connectivity index (χ1n) is 5.82. The number of hydrogen-bond donors (Lipinski definition) is 3. The van der Waals surface area contributed by atoms with Gasteiger partial charge in [0.1, 0.15) is 0 Å². The third-order valence-electron chi connectivity index (χ3n) is 2.81. The van der Waals surface area contributed by atoms with Crippen molar-refractivity contribution in [1.82, 2.24) is 5.32 Å². The highest BCUT2D eigenvalue weighted by Gasteiger charge is 2.17. The Bertz CT molecular complexity index is 621. The quantitative estimate of drug-likeness (QED) is 0.740. The summed E-state index contributed by atoms with van der Waals surface area (Å²) in [7, 11) is -2.56. The van der Waals surface area contributed by atoms with Gasteiger partial charge in [-0.3, -0.25) is 9.79 Å². The number of hydrogen-bond acceptors (Lipinski definition) is 4. The highest BCUT2D eigenvalue weighted by atomic mass is 32.1. The molecule has 0 spiro atoms. The summed E-state index contributed by atoms with van der Waals surface area (Å²) in [5.74, 6) is 0. The van der Waals surface area contributed by atoms with Gasteiger partial charge >= 0.3 is 7.82 Å². The Morgan fingerprint density at radius 2 is 2.16 bits per heavy atom. The van der Waals surface area contributed by atoms with Crippen LogP contribution in [0.4, 0.5) is 0 Å². The summed E-state index contributed by atoms with van der Waals surface area (Å²) in [6.45, 7) is 2.10. The molecule has 7 heteroatoms. The number of nitrogens with one attached hydrogen (secondary N) is 1. The third-order valence-corrected chi connectivity index (χ3v) is 4.34. The molecular weight excluding hydrogens is 285 g/mol. The predicted octanol–water partition coefficient (Wildman–Crippen LogP) is 2.52. The first-order valence-corrected chi connectivity index (χ1v) is 8.17. The van der Waals surface area contributed by atoms with Crippen molar-refractivity contribution in [2.45, 2.75) is 19.4 Å². The van der Waals surface area contributed by atoms with E-state index in [9.17, 15) is 4.57 Å². The van der Waals surface area contributed by atoms with Crippen LogP contribution in [0.2, 0.25) is 0 Å². The lowest BCUT2D eigenvalue weighted by molar-refractivity contribution is 0.286. The summed E-state index contributed by atoms with van der Waals surface area (Å²) >= 11 is 1.24. The van der Waals surface area contributed by atoms with Gasteiger partial charge in [0.25, 0.3) is 0 Å². The minimum absolute atomic E-state index is 0.238. The molecule has 0 amide bonds. The van der Waals surface area contributed by atoms with E-state index in [0.29, 0.717) is 6.04 Å². The minimum atomic E-state index is -4.48. The molecule has 19 heavy (non-hydrogen) atoms. The first kappa shape index (κ1) is 14.5. The molecule has 104 valence electrons. The van der Waals surface area contributed by atoms with Gasteiger partial charge < -0.3 is 9.84 Å². The van der Waals surface area contributed by atoms with Gasteiger partial charge in [0.05, 0.1) is 0 Å². The number of likely N-dealkylation sites (N-methyl/N-ethyl adjacent to an activating group) is 1. The molecule has 2 aromatic rings. The molecule has 0 unspecified atom stereocenters. The van der Waals surface area contributed by atoms with Gasteiger partial charge in [0, 0.05) is 16.8 Å². The molecule has 1 aromatic carbocycles. The lowest BCUT2D eigenvalue weighted by atomic mass is 10.1. The molecule has 0 radical (unpaired) electrons.